The van der Waals surface area contributed by atoms with Crippen molar-refractivity contribution in [1.29, 1.82) is 0 Å². The van der Waals surface area contributed by atoms with Crippen LogP contribution in [0.2, 0.25) is 0 Å². The quantitative estimate of drug-likeness (QED) is 0.208. The van der Waals surface area contributed by atoms with Crippen LogP contribution in [0.15, 0.2) is 55.1 Å². The van der Waals surface area contributed by atoms with E-state index in [4.69, 9.17) is 4.98 Å². The molecule has 6 aromatic rings. The lowest BCUT2D eigenvalue weighted by Gasteiger charge is -2.17. The average molecular weight is 551 g/mol. The Bertz CT molecular complexity index is 1910. The van der Waals surface area contributed by atoms with Gasteiger partial charge in [0.05, 0.1) is 32.5 Å². The first kappa shape index (κ1) is 25.5. The van der Waals surface area contributed by atoms with Gasteiger partial charge in [-0.2, -0.15) is 5.10 Å². The van der Waals surface area contributed by atoms with Gasteiger partial charge in [-0.1, -0.05) is 20.8 Å². The third-order valence-corrected chi connectivity index (χ3v) is 7.47. The molecule has 10 nitrogen and oxygen atoms in total. The maximum Gasteiger partial charge on any atom is 0.224 e. The molecule has 11 heteroatoms. The van der Waals surface area contributed by atoms with Gasteiger partial charge in [-0.25, -0.2) is 9.97 Å². The zero-order chi connectivity index (χ0) is 28.0. The number of hydrogen-bond acceptors (Lipinski definition) is 8. The Labute approximate surface area is 233 Å². The van der Waals surface area contributed by atoms with E-state index < -0.39 is 0 Å². The zero-order valence-corrected chi connectivity index (χ0v) is 23.2. The van der Waals surface area contributed by atoms with Crippen molar-refractivity contribution < 1.29 is 9.59 Å². The number of H-pyrrole nitrogens is 2. The number of nitrogens with zero attached hydrogens (tertiary/aromatic N) is 5. The predicted octanol–water partition coefficient (Wildman–Crippen LogP) is 6.26. The molecular weight excluding hydrogens is 524 g/mol. The second-order valence-corrected chi connectivity index (χ2v) is 11.9. The Hall–Kier alpha value is -4.77. The summed E-state index contributed by atoms with van der Waals surface area (Å²) in [5, 5.41) is 11.2. The van der Waals surface area contributed by atoms with Gasteiger partial charge in [0, 0.05) is 36.1 Å². The van der Waals surface area contributed by atoms with Crippen LogP contribution < -0.4 is 5.32 Å². The average Bonchev–Trinajstić information content (AvgIpc) is 3.65. The number of hydrogen-bond donors (Lipinski definition) is 3. The van der Waals surface area contributed by atoms with Gasteiger partial charge in [-0.3, -0.25) is 24.7 Å². The number of aromatic amines is 2. The molecule has 0 radical (unpaired) electrons. The molecule has 40 heavy (non-hydrogen) atoms. The zero-order valence-electron chi connectivity index (χ0n) is 22.4. The summed E-state index contributed by atoms with van der Waals surface area (Å²) in [7, 11) is 0. The van der Waals surface area contributed by atoms with Crippen molar-refractivity contribution in [3.8, 4) is 33.2 Å². The Balaban J connectivity index is 1.36. The van der Waals surface area contributed by atoms with Crippen molar-refractivity contribution in [2.45, 2.75) is 34.1 Å². The van der Waals surface area contributed by atoms with E-state index >= 15 is 0 Å². The number of rotatable bonds is 6. The van der Waals surface area contributed by atoms with Crippen LogP contribution in [0.4, 0.5) is 5.69 Å². The maximum absolute atomic E-state index is 12.4. The van der Waals surface area contributed by atoms with Crippen LogP contribution in [0, 0.1) is 5.41 Å². The molecule has 1 amide bonds. The summed E-state index contributed by atoms with van der Waals surface area (Å²) in [6, 6.07) is 9.42. The lowest BCUT2D eigenvalue weighted by atomic mass is 9.92. The van der Waals surface area contributed by atoms with Gasteiger partial charge in [0.2, 0.25) is 5.91 Å². The van der Waals surface area contributed by atoms with Crippen LogP contribution in [0.1, 0.15) is 43.8 Å². The van der Waals surface area contributed by atoms with Crippen molar-refractivity contribution in [1.82, 2.24) is 35.1 Å². The molecule has 0 aliphatic carbocycles. The topological polar surface area (TPSA) is 142 Å². The first-order valence-corrected chi connectivity index (χ1v) is 13.5. The monoisotopic (exact) mass is 550 g/mol. The fraction of sp³-hybridized carbons (Fsp3) is 0.207. The number of carbonyl (C=O) groups is 2. The molecule has 200 valence electrons. The van der Waals surface area contributed by atoms with Gasteiger partial charge >= 0.3 is 0 Å². The molecule has 0 aromatic carbocycles. The van der Waals surface area contributed by atoms with Gasteiger partial charge in [0.15, 0.2) is 17.3 Å². The Kier molecular flexibility index (Phi) is 6.22. The number of ketones is 1. The van der Waals surface area contributed by atoms with Gasteiger partial charge < -0.3 is 10.3 Å². The van der Waals surface area contributed by atoms with E-state index in [0.717, 1.165) is 26.9 Å². The van der Waals surface area contributed by atoms with E-state index in [1.165, 1.54) is 11.3 Å². The molecular formula is C29H26N8O2S. The van der Waals surface area contributed by atoms with Crippen molar-refractivity contribution in [2.24, 2.45) is 5.41 Å². The smallest absolute Gasteiger partial charge is 0.224 e. The lowest BCUT2D eigenvalue weighted by Crippen LogP contribution is -2.19. The Morgan fingerprint density at radius 2 is 1.82 bits per heavy atom. The minimum Gasteiger partial charge on any atom is -0.336 e. The molecule has 3 N–H and O–H groups in total. The van der Waals surface area contributed by atoms with Crippen LogP contribution in [0.25, 0.3) is 55.3 Å². The van der Waals surface area contributed by atoms with Crippen LogP contribution in [-0.4, -0.2) is 46.8 Å². The van der Waals surface area contributed by atoms with Gasteiger partial charge in [0.25, 0.3) is 0 Å². The van der Waals surface area contributed by atoms with Gasteiger partial charge in [0.1, 0.15) is 16.9 Å². The molecule has 6 rings (SSSR count). The number of carbonyl (C=O) groups excluding carboxylic acids is 2. The van der Waals surface area contributed by atoms with Crippen molar-refractivity contribution >= 4 is 50.8 Å². The number of pyridine rings is 3. The van der Waals surface area contributed by atoms with Crippen LogP contribution >= 0.6 is 11.3 Å². The van der Waals surface area contributed by atoms with Crippen molar-refractivity contribution in [3.05, 3.63) is 60.0 Å². The number of imidazole rings is 1. The normalized spacial score (nSPS) is 11.8. The van der Waals surface area contributed by atoms with E-state index in [1.807, 2.05) is 51.1 Å². The molecule has 0 unspecified atom stereocenters. The van der Waals surface area contributed by atoms with E-state index in [-0.39, 0.29) is 17.1 Å². The largest absolute Gasteiger partial charge is 0.336 e. The first-order valence-electron chi connectivity index (χ1n) is 12.7. The SMILES string of the molecule is CC(=O)c1ccc(-c2nccc3[nH]c(-c4n[nH]c5ncc(-c6cncc(NC(=O)CC(C)(C)C)c6)cc45)nc23)s1. The fourth-order valence-electron chi connectivity index (χ4n) is 4.48. The van der Waals surface area contributed by atoms with Crippen molar-refractivity contribution in [3.63, 3.8) is 0 Å². The van der Waals surface area contributed by atoms with Gasteiger partial charge in [-0.15, -0.1) is 11.3 Å². The standard InChI is InChI=1S/C29H26N8O2S/c1-15(38)21-5-6-22(40-21)26-25-20(7-8-31-26)34-28(35-25)24-19-10-17(13-32-27(19)37-36-24)16-9-18(14-30-12-16)33-23(39)11-29(2,3)4/h5-10,12-14H,11H2,1-4H3,(H,33,39)(H,34,35)(H,32,36,37). The van der Waals surface area contributed by atoms with Crippen LogP contribution in [0.5, 0.6) is 0 Å². The lowest BCUT2D eigenvalue weighted by molar-refractivity contribution is -0.117. The maximum atomic E-state index is 12.4. The third-order valence-electron chi connectivity index (χ3n) is 6.27. The second-order valence-electron chi connectivity index (χ2n) is 10.8. The summed E-state index contributed by atoms with van der Waals surface area (Å²) in [5.74, 6) is 0.528. The highest BCUT2D eigenvalue weighted by atomic mass is 32.1. The molecule has 0 atom stereocenters. The molecule has 0 spiro atoms. The molecule has 0 bridgehead atoms. The summed E-state index contributed by atoms with van der Waals surface area (Å²) in [6.45, 7) is 7.63. The number of anilines is 1. The number of nitrogens with one attached hydrogen (secondary N) is 3. The highest BCUT2D eigenvalue weighted by Gasteiger charge is 2.19. The van der Waals surface area contributed by atoms with Gasteiger partial charge in [-0.05, 0) is 42.7 Å². The van der Waals surface area contributed by atoms with E-state index in [9.17, 15) is 9.59 Å². The minimum atomic E-state index is -0.115. The van der Waals surface area contributed by atoms with Crippen LogP contribution in [-0.2, 0) is 4.79 Å². The summed E-state index contributed by atoms with van der Waals surface area (Å²) in [5.41, 5.74) is 5.57. The molecule has 6 aromatic heterocycles. The molecule has 6 heterocycles. The summed E-state index contributed by atoms with van der Waals surface area (Å²) < 4.78 is 0. The number of thiophene rings is 1. The van der Waals surface area contributed by atoms with Crippen molar-refractivity contribution in [2.75, 3.05) is 5.32 Å². The van der Waals surface area contributed by atoms with E-state index in [1.54, 1.807) is 31.7 Å². The Morgan fingerprint density at radius 3 is 2.60 bits per heavy atom. The minimum absolute atomic E-state index is 0.0189. The molecule has 0 saturated carbocycles. The molecule has 0 aliphatic rings. The molecule has 0 fully saturated rings. The molecule has 0 aliphatic heterocycles. The number of amides is 1. The molecule has 0 saturated heterocycles. The third kappa shape index (κ3) is 4.98. The number of aromatic nitrogens is 7. The fourth-order valence-corrected chi connectivity index (χ4v) is 5.38. The summed E-state index contributed by atoms with van der Waals surface area (Å²) in [6.07, 6.45) is 7.23. The first-order chi connectivity index (χ1) is 19.1. The second kappa shape index (κ2) is 9.76. The van der Waals surface area contributed by atoms with E-state index in [2.05, 4.69) is 35.5 Å². The highest BCUT2D eigenvalue weighted by Crippen LogP contribution is 2.34. The highest BCUT2D eigenvalue weighted by molar-refractivity contribution is 7.17. The summed E-state index contributed by atoms with van der Waals surface area (Å²) in [4.78, 5) is 47.4. The van der Waals surface area contributed by atoms with Crippen LogP contribution in [0.3, 0.4) is 0 Å². The van der Waals surface area contributed by atoms with E-state index in [0.29, 0.717) is 45.4 Å². The summed E-state index contributed by atoms with van der Waals surface area (Å²) >= 11 is 1.40. The number of Topliss-reactive ketones (excluding diaryl/α,β-unsaturated/α-hetero) is 1. The predicted molar refractivity (Wildman–Crippen MR) is 156 cm³/mol. The number of fused-ring (bicyclic) bond motifs is 2. The Morgan fingerprint density at radius 1 is 1.00 bits per heavy atom.